The van der Waals surface area contributed by atoms with Crippen molar-refractivity contribution >= 4 is 22.4 Å². The normalized spacial score (nSPS) is 10.8. The summed E-state index contributed by atoms with van der Waals surface area (Å²) < 4.78 is 0. The maximum absolute atomic E-state index is 4.76. The molecule has 0 atom stereocenters. The molecular formula is C21H18N4. The van der Waals surface area contributed by atoms with Gasteiger partial charge in [0.1, 0.15) is 5.82 Å². The molecule has 0 amide bonds. The highest BCUT2D eigenvalue weighted by molar-refractivity contribution is 5.92. The van der Waals surface area contributed by atoms with Gasteiger partial charge in [0.25, 0.3) is 0 Å². The summed E-state index contributed by atoms with van der Waals surface area (Å²) in [6, 6.07) is 18.2. The number of hydrogen-bond acceptors (Lipinski definition) is 4. The second kappa shape index (κ2) is 6.32. The van der Waals surface area contributed by atoms with Crippen LogP contribution >= 0.6 is 0 Å². The molecule has 0 bridgehead atoms. The lowest BCUT2D eigenvalue weighted by atomic mass is 10.1. The van der Waals surface area contributed by atoms with E-state index < -0.39 is 0 Å². The Kier molecular flexibility index (Phi) is 3.86. The summed E-state index contributed by atoms with van der Waals surface area (Å²) in [5.41, 5.74) is 5.34. The van der Waals surface area contributed by atoms with E-state index in [1.165, 1.54) is 11.1 Å². The first-order valence-electron chi connectivity index (χ1n) is 8.22. The van der Waals surface area contributed by atoms with Crippen molar-refractivity contribution in [3.63, 3.8) is 0 Å². The molecule has 2 aromatic carbocycles. The molecule has 4 rings (SSSR count). The van der Waals surface area contributed by atoms with Gasteiger partial charge in [0.2, 0.25) is 0 Å². The minimum atomic E-state index is 0.665. The van der Waals surface area contributed by atoms with Crippen molar-refractivity contribution < 1.29 is 0 Å². The second-order valence-electron chi connectivity index (χ2n) is 6.08. The lowest BCUT2D eigenvalue weighted by Crippen LogP contribution is -2.00. The highest BCUT2D eigenvalue weighted by atomic mass is 15.0. The smallest absolute Gasteiger partial charge is 0.163 e. The molecule has 1 N–H and O–H groups in total. The molecule has 122 valence electrons. The van der Waals surface area contributed by atoms with Gasteiger partial charge in [-0.15, -0.1) is 0 Å². The fraction of sp³-hybridized carbons (Fsp3) is 0.0952. The van der Waals surface area contributed by atoms with Crippen molar-refractivity contribution in [2.24, 2.45) is 0 Å². The maximum Gasteiger partial charge on any atom is 0.163 e. The van der Waals surface area contributed by atoms with E-state index >= 15 is 0 Å². The Bertz CT molecular complexity index is 1040. The molecule has 0 saturated carbocycles. The Morgan fingerprint density at radius 2 is 1.72 bits per heavy atom. The zero-order valence-corrected chi connectivity index (χ0v) is 14.2. The minimum Gasteiger partial charge on any atom is -0.340 e. The van der Waals surface area contributed by atoms with Crippen LogP contribution in [-0.4, -0.2) is 15.0 Å². The molecule has 4 nitrogen and oxygen atoms in total. The summed E-state index contributed by atoms with van der Waals surface area (Å²) >= 11 is 0. The number of nitrogens with zero attached hydrogens (tertiary/aromatic N) is 3. The number of benzene rings is 2. The molecule has 0 saturated heterocycles. The van der Waals surface area contributed by atoms with E-state index in [4.69, 9.17) is 4.98 Å². The number of aromatic nitrogens is 3. The highest BCUT2D eigenvalue weighted by Gasteiger charge is 2.10. The van der Waals surface area contributed by atoms with Gasteiger partial charge in [-0.1, -0.05) is 18.2 Å². The van der Waals surface area contributed by atoms with Crippen molar-refractivity contribution in [3.8, 4) is 11.4 Å². The zero-order chi connectivity index (χ0) is 17.2. The molecule has 0 aliphatic carbocycles. The van der Waals surface area contributed by atoms with E-state index in [0.717, 1.165) is 28.0 Å². The quantitative estimate of drug-likeness (QED) is 0.572. The largest absolute Gasteiger partial charge is 0.340 e. The Balaban J connectivity index is 1.85. The first kappa shape index (κ1) is 15.3. The van der Waals surface area contributed by atoms with Gasteiger partial charge in [0.05, 0.1) is 5.52 Å². The summed E-state index contributed by atoms with van der Waals surface area (Å²) in [4.78, 5) is 13.6. The molecule has 0 fully saturated rings. The monoisotopic (exact) mass is 326 g/mol. The van der Waals surface area contributed by atoms with E-state index in [1.54, 1.807) is 12.4 Å². The van der Waals surface area contributed by atoms with Gasteiger partial charge < -0.3 is 5.32 Å². The molecule has 0 aliphatic rings. The van der Waals surface area contributed by atoms with Crippen LogP contribution in [0.25, 0.3) is 22.3 Å². The molecule has 4 heteroatoms. The summed E-state index contributed by atoms with van der Waals surface area (Å²) in [5, 5.41) is 4.45. The molecular weight excluding hydrogens is 308 g/mol. The SMILES string of the molecule is Cc1ccc(Nc2nc(-c3cccnc3)nc3ccccc23)cc1C. The summed E-state index contributed by atoms with van der Waals surface area (Å²) in [6.45, 7) is 4.22. The minimum absolute atomic E-state index is 0.665. The molecule has 0 unspecified atom stereocenters. The molecule has 25 heavy (non-hydrogen) atoms. The van der Waals surface area contributed by atoms with Crippen LogP contribution < -0.4 is 5.32 Å². The Labute approximate surface area is 146 Å². The third-order valence-electron chi connectivity index (χ3n) is 4.29. The average molecular weight is 326 g/mol. The maximum atomic E-state index is 4.76. The number of anilines is 2. The van der Waals surface area contributed by atoms with Gasteiger partial charge in [0, 0.05) is 29.0 Å². The molecule has 0 aliphatic heterocycles. The first-order chi connectivity index (χ1) is 12.2. The Hall–Kier alpha value is -3.27. The topological polar surface area (TPSA) is 50.7 Å². The Morgan fingerprint density at radius 3 is 2.52 bits per heavy atom. The van der Waals surface area contributed by atoms with Crippen LogP contribution in [0.15, 0.2) is 67.0 Å². The van der Waals surface area contributed by atoms with Crippen LogP contribution in [0.5, 0.6) is 0 Å². The van der Waals surface area contributed by atoms with Gasteiger partial charge in [-0.3, -0.25) is 4.98 Å². The third-order valence-corrected chi connectivity index (χ3v) is 4.29. The van der Waals surface area contributed by atoms with Crippen molar-refractivity contribution in [1.82, 2.24) is 15.0 Å². The zero-order valence-electron chi connectivity index (χ0n) is 14.2. The fourth-order valence-corrected chi connectivity index (χ4v) is 2.75. The van der Waals surface area contributed by atoms with Crippen LogP contribution in [0, 0.1) is 13.8 Å². The fourth-order valence-electron chi connectivity index (χ4n) is 2.75. The number of rotatable bonds is 3. The summed E-state index contributed by atoms with van der Waals surface area (Å²) in [5.74, 6) is 1.46. The number of para-hydroxylation sites is 1. The van der Waals surface area contributed by atoms with Crippen LogP contribution in [0.2, 0.25) is 0 Å². The van der Waals surface area contributed by atoms with Crippen molar-refractivity contribution in [2.45, 2.75) is 13.8 Å². The van der Waals surface area contributed by atoms with E-state index in [-0.39, 0.29) is 0 Å². The van der Waals surface area contributed by atoms with Crippen LogP contribution in [0.4, 0.5) is 11.5 Å². The lowest BCUT2D eigenvalue weighted by Gasteiger charge is -2.12. The van der Waals surface area contributed by atoms with Crippen molar-refractivity contribution in [2.75, 3.05) is 5.32 Å². The van der Waals surface area contributed by atoms with Gasteiger partial charge in [-0.05, 0) is 61.4 Å². The van der Waals surface area contributed by atoms with E-state index in [2.05, 4.69) is 47.3 Å². The predicted octanol–water partition coefficient (Wildman–Crippen LogP) is 5.05. The van der Waals surface area contributed by atoms with Crippen LogP contribution in [-0.2, 0) is 0 Å². The number of pyridine rings is 1. The van der Waals surface area contributed by atoms with Crippen molar-refractivity contribution in [3.05, 3.63) is 78.1 Å². The molecule has 0 spiro atoms. The molecule has 0 radical (unpaired) electrons. The standard InChI is InChI=1S/C21H18N4/c1-14-9-10-17(12-15(14)2)23-21-18-7-3-4-8-19(18)24-20(25-21)16-6-5-11-22-13-16/h3-13H,1-2H3,(H,23,24,25). The van der Waals surface area contributed by atoms with Crippen LogP contribution in [0.1, 0.15) is 11.1 Å². The van der Waals surface area contributed by atoms with Gasteiger partial charge in [0.15, 0.2) is 5.82 Å². The van der Waals surface area contributed by atoms with Crippen molar-refractivity contribution in [1.29, 1.82) is 0 Å². The van der Waals surface area contributed by atoms with Crippen LogP contribution in [0.3, 0.4) is 0 Å². The third kappa shape index (κ3) is 3.06. The molecule has 2 aromatic heterocycles. The molecule has 4 aromatic rings. The average Bonchev–Trinajstić information content (AvgIpc) is 2.65. The second-order valence-corrected chi connectivity index (χ2v) is 6.08. The number of hydrogen-bond donors (Lipinski definition) is 1. The number of fused-ring (bicyclic) bond motifs is 1. The number of aryl methyl sites for hydroxylation is 2. The summed E-state index contributed by atoms with van der Waals surface area (Å²) in [6.07, 6.45) is 3.53. The number of nitrogens with one attached hydrogen (secondary N) is 1. The van der Waals surface area contributed by atoms with Gasteiger partial charge >= 0.3 is 0 Å². The molecule has 2 heterocycles. The highest BCUT2D eigenvalue weighted by Crippen LogP contribution is 2.27. The van der Waals surface area contributed by atoms with Gasteiger partial charge in [-0.25, -0.2) is 9.97 Å². The van der Waals surface area contributed by atoms with E-state index in [0.29, 0.717) is 5.82 Å². The first-order valence-corrected chi connectivity index (χ1v) is 8.22. The predicted molar refractivity (Wildman–Crippen MR) is 102 cm³/mol. The lowest BCUT2D eigenvalue weighted by molar-refractivity contribution is 1.20. The van der Waals surface area contributed by atoms with E-state index in [9.17, 15) is 0 Å². The van der Waals surface area contributed by atoms with Gasteiger partial charge in [-0.2, -0.15) is 0 Å². The summed E-state index contributed by atoms with van der Waals surface area (Å²) in [7, 11) is 0. The van der Waals surface area contributed by atoms with E-state index in [1.807, 2.05) is 36.4 Å². The Morgan fingerprint density at radius 1 is 0.840 bits per heavy atom.